The molecule has 2 aromatic carbocycles. The molecule has 3 nitrogen and oxygen atoms in total. The minimum absolute atomic E-state index is 0.0706. The van der Waals surface area contributed by atoms with Gasteiger partial charge in [0.2, 0.25) is 5.91 Å². The van der Waals surface area contributed by atoms with Crippen molar-refractivity contribution in [3.05, 3.63) is 64.5 Å². The normalized spacial score (nSPS) is 15.1. The molecule has 0 radical (unpaired) electrons. The Labute approximate surface area is 128 Å². The first-order valence-corrected chi connectivity index (χ1v) is 7.48. The lowest BCUT2D eigenvalue weighted by Gasteiger charge is -2.24. The van der Waals surface area contributed by atoms with E-state index in [9.17, 15) is 14.3 Å². The number of amides is 1. The van der Waals surface area contributed by atoms with Crippen molar-refractivity contribution in [3.8, 4) is 0 Å². The summed E-state index contributed by atoms with van der Waals surface area (Å²) in [7, 11) is 0. The van der Waals surface area contributed by atoms with Crippen LogP contribution in [0.25, 0.3) is 0 Å². The molecule has 1 aliphatic heterocycles. The van der Waals surface area contributed by atoms with Gasteiger partial charge in [-0.15, -0.1) is 0 Å². The van der Waals surface area contributed by atoms with Gasteiger partial charge in [0, 0.05) is 17.5 Å². The van der Waals surface area contributed by atoms with Crippen LogP contribution in [0, 0.1) is 5.82 Å². The standard InChI is InChI=1S/C18H18FNO2/c1-2-11-9-12-7-8-16(21)20-17(12)14(10-11)18(22)13-5-3-4-6-15(13)19/h3-6,9-10,18,22H,2,7-8H2,1H3,(H,20,21). The second kappa shape index (κ2) is 5.89. The molecule has 0 aliphatic carbocycles. The Bertz CT molecular complexity index is 727. The van der Waals surface area contributed by atoms with E-state index in [-0.39, 0.29) is 11.5 Å². The van der Waals surface area contributed by atoms with Gasteiger partial charge in [-0.2, -0.15) is 0 Å². The van der Waals surface area contributed by atoms with Crippen LogP contribution < -0.4 is 5.32 Å². The maximum Gasteiger partial charge on any atom is 0.224 e. The van der Waals surface area contributed by atoms with Crippen LogP contribution in [0.15, 0.2) is 36.4 Å². The highest BCUT2D eigenvalue weighted by atomic mass is 19.1. The van der Waals surface area contributed by atoms with Gasteiger partial charge in [0.05, 0.1) is 5.69 Å². The molecule has 0 saturated carbocycles. The summed E-state index contributed by atoms with van der Waals surface area (Å²) >= 11 is 0. The highest BCUT2D eigenvalue weighted by Gasteiger charge is 2.24. The number of anilines is 1. The molecule has 0 spiro atoms. The summed E-state index contributed by atoms with van der Waals surface area (Å²) in [5.74, 6) is -0.522. The highest BCUT2D eigenvalue weighted by Crippen LogP contribution is 2.36. The maximum absolute atomic E-state index is 14.0. The summed E-state index contributed by atoms with van der Waals surface area (Å²) in [6.45, 7) is 2.03. The number of aliphatic hydroxyl groups is 1. The summed E-state index contributed by atoms with van der Waals surface area (Å²) in [6, 6.07) is 10.1. The second-order valence-electron chi connectivity index (χ2n) is 5.54. The zero-order chi connectivity index (χ0) is 15.7. The minimum atomic E-state index is -1.10. The number of fused-ring (bicyclic) bond motifs is 1. The van der Waals surface area contributed by atoms with Crippen LogP contribution in [-0.4, -0.2) is 11.0 Å². The maximum atomic E-state index is 14.0. The van der Waals surface area contributed by atoms with Gasteiger partial charge in [0.1, 0.15) is 11.9 Å². The van der Waals surface area contributed by atoms with Crippen molar-refractivity contribution in [3.63, 3.8) is 0 Å². The summed E-state index contributed by atoms with van der Waals surface area (Å²) in [5.41, 5.74) is 3.49. The third-order valence-electron chi connectivity index (χ3n) is 4.10. The Kier molecular flexibility index (Phi) is 3.94. The number of aryl methyl sites for hydroxylation is 2. The van der Waals surface area contributed by atoms with Crippen molar-refractivity contribution >= 4 is 11.6 Å². The third kappa shape index (κ3) is 2.62. The lowest BCUT2D eigenvalue weighted by molar-refractivity contribution is -0.116. The van der Waals surface area contributed by atoms with Crippen molar-refractivity contribution in [2.24, 2.45) is 0 Å². The average molecular weight is 299 g/mol. The van der Waals surface area contributed by atoms with E-state index in [1.165, 1.54) is 6.07 Å². The molecular formula is C18H18FNO2. The van der Waals surface area contributed by atoms with Crippen molar-refractivity contribution < 1.29 is 14.3 Å². The van der Waals surface area contributed by atoms with Gasteiger partial charge in [-0.05, 0) is 30.0 Å². The molecule has 1 heterocycles. The van der Waals surface area contributed by atoms with E-state index in [1.807, 2.05) is 19.1 Å². The molecule has 1 aliphatic rings. The Morgan fingerprint density at radius 1 is 1.23 bits per heavy atom. The number of rotatable bonds is 3. The monoisotopic (exact) mass is 299 g/mol. The van der Waals surface area contributed by atoms with Crippen LogP contribution in [0.5, 0.6) is 0 Å². The largest absolute Gasteiger partial charge is 0.383 e. The van der Waals surface area contributed by atoms with E-state index >= 15 is 0 Å². The first-order valence-electron chi connectivity index (χ1n) is 7.48. The number of aliphatic hydroxyl groups excluding tert-OH is 1. The Hall–Kier alpha value is -2.20. The van der Waals surface area contributed by atoms with Crippen molar-refractivity contribution in [2.75, 3.05) is 5.32 Å². The Morgan fingerprint density at radius 3 is 2.73 bits per heavy atom. The first-order chi connectivity index (χ1) is 10.6. The van der Waals surface area contributed by atoms with E-state index in [2.05, 4.69) is 5.32 Å². The molecule has 0 saturated heterocycles. The Balaban J connectivity index is 2.13. The SMILES string of the molecule is CCc1cc2c(c(C(O)c3ccccc3F)c1)NC(=O)CC2. The summed E-state index contributed by atoms with van der Waals surface area (Å²) in [5, 5.41) is 13.5. The van der Waals surface area contributed by atoms with Crippen molar-refractivity contribution in [1.82, 2.24) is 0 Å². The molecule has 1 atom stereocenters. The van der Waals surface area contributed by atoms with E-state index in [0.717, 1.165) is 17.5 Å². The van der Waals surface area contributed by atoms with E-state index < -0.39 is 11.9 Å². The fraction of sp³-hybridized carbons (Fsp3) is 0.278. The van der Waals surface area contributed by atoms with Crippen LogP contribution in [0.1, 0.15) is 41.7 Å². The zero-order valence-electron chi connectivity index (χ0n) is 12.4. The minimum Gasteiger partial charge on any atom is -0.383 e. The van der Waals surface area contributed by atoms with Gasteiger partial charge in [0.15, 0.2) is 0 Å². The fourth-order valence-electron chi connectivity index (χ4n) is 2.88. The van der Waals surface area contributed by atoms with Crippen molar-refractivity contribution in [1.29, 1.82) is 0 Å². The van der Waals surface area contributed by atoms with Gasteiger partial charge in [-0.25, -0.2) is 4.39 Å². The molecule has 0 fully saturated rings. The molecule has 22 heavy (non-hydrogen) atoms. The number of nitrogens with one attached hydrogen (secondary N) is 1. The molecule has 1 unspecified atom stereocenters. The Morgan fingerprint density at radius 2 is 2.00 bits per heavy atom. The molecule has 3 rings (SSSR count). The predicted octanol–water partition coefficient (Wildman–Crippen LogP) is 3.35. The van der Waals surface area contributed by atoms with Crippen LogP contribution in [0.4, 0.5) is 10.1 Å². The summed E-state index contributed by atoms with van der Waals surface area (Å²) in [4.78, 5) is 11.7. The van der Waals surface area contributed by atoms with Gasteiger partial charge in [-0.1, -0.05) is 37.3 Å². The molecule has 4 heteroatoms. The summed E-state index contributed by atoms with van der Waals surface area (Å²) in [6.07, 6.45) is 0.805. The molecule has 2 N–H and O–H groups in total. The molecule has 2 aromatic rings. The number of carbonyl (C=O) groups is 1. The number of carbonyl (C=O) groups excluding carboxylic acids is 1. The molecule has 1 amide bonds. The fourth-order valence-corrected chi connectivity index (χ4v) is 2.88. The molecule has 0 aromatic heterocycles. The van der Waals surface area contributed by atoms with Crippen LogP contribution in [-0.2, 0) is 17.6 Å². The van der Waals surface area contributed by atoms with Crippen LogP contribution in [0.2, 0.25) is 0 Å². The lowest BCUT2D eigenvalue weighted by atomic mass is 9.90. The van der Waals surface area contributed by atoms with E-state index in [4.69, 9.17) is 0 Å². The second-order valence-corrected chi connectivity index (χ2v) is 5.54. The van der Waals surface area contributed by atoms with Crippen LogP contribution in [0.3, 0.4) is 0 Å². The number of hydrogen-bond acceptors (Lipinski definition) is 2. The first kappa shape index (κ1) is 14.7. The topological polar surface area (TPSA) is 49.3 Å². The van der Waals surface area contributed by atoms with Gasteiger partial charge >= 0.3 is 0 Å². The predicted molar refractivity (Wildman–Crippen MR) is 83.2 cm³/mol. The lowest BCUT2D eigenvalue weighted by Crippen LogP contribution is -2.22. The van der Waals surface area contributed by atoms with Crippen LogP contribution >= 0.6 is 0 Å². The molecule has 0 bridgehead atoms. The zero-order valence-corrected chi connectivity index (χ0v) is 12.4. The van der Waals surface area contributed by atoms with Crippen molar-refractivity contribution in [2.45, 2.75) is 32.3 Å². The quantitative estimate of drug-likeness (QED) is 0.913. The number of hydrogen-bond donors (Lipinski definition) is 2. The van der Waals surface area contributed by atoms with E-state index in [1.54, 1.807) is 18.2 Å². The smallest absolute Gasteiger partial charge is 0.224 e. The van der Waals surface area contributed by atoms with E-state index in [0.29, 0.717) is 24.1 Å². The van der Waals surface area contributed by atoms with Gasteiger partial charge in [0.25, 0.3) is 0 Å². The third-order valence-corrected chi connectivity index (χ3v) is 4.10. The van der Waals surface area contributed by atoms with Gasteiger partial charge < -0.3 is 10.4 Å². The summed E-state index contributed by atoms with van der Waals surface area (Å²) < 4.78 is 14.0. The number of halogens is 1. The highest BCUT2D eigenvalue weighted by molar-refractivity contribution is 5.95. The molecule has 114 valence electrons. The molecular weight excluding hydrogens is 281 g/mol. The number of benzene rings is 2. The van der Waals surface area contributed by atoms with Gasteiger partial charge in [-0.3, -0.25) is 4.79 Å². The average Bonchev–Trinajstić information content (AvgIpc) is 2.53.